The molecule has 0 aliphatic heterocycles. The third kappa shape index (κ3) is 3.94. The van der Waals surface area contributed by atoms with Crippen LogP contribution in [0.3, 0.4) is 0 Å². The van der Waals surface area contributed by atoms with Gasteiger partial charge in [-0.2, -0.15) is 0 Å². The predicted molar refractivity (Wildman–Crippen MR) is 172 cm³/mol. The van der Waals surface area contributed by atoms with Crippen LogP contribution in [0.5, 0.6) is 23.0 Å². The molecule has 42 heavy (non-hydrogen) atoms. The van der Waals surface area contributed by atoms with Crippen molar-refractivity contribution in [1.82, 2.24) is 9.97 Å². The molecule has 6 nitrogen and oxygen atoms in total. The molecule has 2 N–H and O–H groups in total. The van der Waals surface area contributed by atoms with Gasteiger partial charge in [0.05, 0.1) is 39.5 Å². The van der Waals surface area contributed by atoms with Gasteiger partial charge in [0.25, 0.3) is 0 Å². The van der Waals surface area contributed by atoms with E-state index >= 15 is 0 Å². The summed E-state index contributed by atoms with van der Waals surface area (Å²) in [5, 5.41) is 5.10. The number of aromatic nitrogens is 2. The number of nitrogens with one attached hydrogen (secondary N) is 2. The van der Waals surface area contributed by atoms with E-state index in [-0.39, 0.29) is 0 Å². The fourth-order valence-electron chi connectivity index (χ4n) is 5.92. The molecular weight excluding hydrogens is 571 g/mol. The second-order valence-electron chi connectivity index (χ2n) is 10.0. The first-order chi connectivity index (χ1) is 20.4. The van der Waals surface area contributed by atoms with E-state index in [2.05, 4.69) is 9.97 Å². The van der Waals surface area contributed by atoms with Crippen LogP contribution in [0.1, 0.15) is 0 Å². The molecule has 0 saturated heterocycles. The Morgan fingerprint density at radius 2 is 0.833 bits per heavy atom. The molecule has 2 aromatic heterocycles. The normalized spacial score (nSPS) is 11.6. The van der Waals surface area contributed by atoms with Crippen molar-refractivity contribution in [3.8, 4) is 45.3 Å². The van der Waals surface area contributed by atoms with Crippen molar-refractivity contribution in [2.24, 2.45) is 0 Å². The molecule has 0 spiro atoms. The minimum Gasteiger partial charge on any atom is -0.497 e. The molecular formula is C34H26Cl2N2O4. The van der Waals surface area contributed by atoms with Gasteiger partial charge < -0.3 is 28.9 Å². The quantitative estimate of drug-likeness (QED) is 0.200. The lowest BCUT2D eigenvalue weighted by Gasteiger charge is -2.16. The minimum atomic E-state index is 0.596. The van der Waals surface area contributed by atoms with Crippen molar-refractivity contribution in [3.63, 3.8) is 0 Å². The molecule has 0 amide bonds. The first-order valence-corrected chi connectivity index (χ1v) is 14.0. The molecule has 5 aromatic carbocycles. The number of halogens is 2. The lowest BCUT2D eigenvalue weighted by Crippen LogP contribution is -1.92. The van der Waals surface area contributed by atoms with Crippen LogP contribution >= 0.6 is 23.2 Å². The Labute approximate surface area is 251 Å². The zero-order valence-electron chi connectivity index (χ0n) is 23.3. The number of aromatic amines is 2. The number of hydrogen-bond donors (Lipinski definition) is 2. The third-order valence-electron chi connectivity index (χ3n) is 7.90. The van der Waals surface area contributed by atoms with E-state index in [4.69, 9.17) is 42.1 Å². The number of rotatable bonds is 6. The average Bonchev–Trinajstić information content (AvgIpc) is 3.58. The Morgan fingerprint density at radius 1 is 0.476 bits per heavy atom. The fraction of sp³-hybridized carbons (Fsp3) is 0.118. The van der Waals surface area contributed by atoms with Gasteiger partial charge in [-0.1, -0.05) is 23.2 Å². The van der Waals surface area contributed by atoms with Gasteiger partial charge in [0.15, 0.2) is 0 Å². The van der Waals surface area contributed by atoms with Crippen LogP contribution < -0.4 is 18.9 Å². The summed E-state index contributed by atoms with van der Waals surface area (Å²) in [6.45, 7) is 0. The first kappa shape index (κ1) is 26.4. The molecule has 0 radical (unpaired) electrons. The summed E-state index contributed by atoms with van der Waals surface area (Å²) in [5.41, 5.74) is 7.22. The van der Waals surface area contributed by atoms with Crippen LogP contribution in [-0.4, -0.2) is 38.4 Å². The molecule has 0 bridgehead atoms. The topological polar surface area (TPSA) is 68.5 Å². The van der Waals surface area contributed by atoms with E-state index in [9.17, 15) is 0 Å². The molecule has 0 aliphatic carbocycles. The summed E-state index contributed by atoms with van der Waals surface area (Å²) >= 11 is 13.9. The molecule has 210 valence electrons. The fourth-order valence-corrected chi connectivity index (χ4v) is 6.35. The summed E-state index contributed by atoms with van der Waals surface area (Å²) < 4.78 is 22.6. The lowest BCUT2D eigenvalue weighted by molar-refractivity contribution is 0.415. The van der Waals surface area contributed by atoms with Crippen LogP contribution in [0.2, 0.25) is 10.0 Å². The van der Waals surface area contributed by atoms with Gasteiger partial charge >= 0.3 is 0 Å². The molecule has 0 atom stereocenters. The van der Waals surface area contributed by atoms with E-state index in [1.54, 1.807) is 28.4 Å². The summed E-state index contributed by atoms with van der Waals surface area (Å²) in [6, 6.07) is 23.4. The summed E-state index contributed by atoms with van der Waals surface area (Å²) in [6.07, 6.45) is 0. The lowest BCUT2D eigenvalue weighted by atomic mass is 9.89. The number of fused-ring (bicyclic) bond motifs is 6. The van der Waals surface area contributed by atoms with Gasteiger partial charge in [-0.05, 0) is 72.8 Å². The van der Waals surface area contributed by atoms with Crippen LogP contribution in [0, 0.1) is 0 Å². The highest BCUT2D eigenvalue weighted by molar-refractivity contribution is 6.39. The maximum absolute atomic E-state index is 6.97. The maximum atomic E-state index is 6.97. The standard InChI is InChI=1S/C34H26Cl2N2O4/c1-39-17-5-9-25(35)21(13-17)29-31-23-15-19(41-3)7-11-27(23)38-34(31)30(22-14-18(40-2)6-10-26(22)36)32-24-16-20(42-4)8-12-28(24)37-33(29)32/h5-16,37-38H,1-4H3. The zero-order valence-corrected chi connectivity index (χ0v) is 24.8. The van der Waals surface area contributed by atoms with Crippen molar-refractivity contribution in [2.75, 3.05) is 28.4 Å². The first-order valence-electron chi connectivity index (χ1n) is 13.3. The molecule has 2 heterocycles. The number of methoxy groups -OCH3 is 4. The van der Waals surface area contributed by atoms with E-state index in [1.165, 1.54) is 0 Å². The van der Waals surface area contributed by atoms with E-state index in [1.807, 2.05) is 72.8 Å². The summed E-state index contributed by atoms with van der Waals surface area (Å²) in [4.78, 5) is 7.44. The van der Waals surface area contributed by atoms with E-state index in [0.717, 1.165) is 77.4 Å². The van der Waals surface area contributed by atoms with Gasteiger partial charge in [-0.3, -0.25) is 0 Å². The Hall–Kier alpha value is -4.52. The van der Waals surface area contributed by atoms with Crippen molar-refractivity contribution in [3.05, 3.63) is 82.8 Å². The molecule has 7 aromatic rings. The number of H-pyrrole nitrogens is 2. The highest BCUT2D eigenvalue weighted by Gasteiger charge is 2.26. The zero-order chi connectivity index (χ0) is 29.1. The molecule has 0 aliphatic rings. The van der Waals surface area contributed by atoms with E-state index in [0.29, 0.717) is 21.5 Å². The summed E-state index contributed by atoms with van der Waals surface area (Å²) in [5.74, 6) is 2.89. The van der Waals surface area contributed by atoms with Crippen LogP contribution in [-0.2, 0) is 0 Å². The Morgan fingerprint density at radius 3 is 1.21 bits per heavy atom. The Kier molecular flexibility index (Phi) is 6.34. The van der Waals surface area contributed by atoms with Gasteiger partial charge in [0.2, 0.25) is 0 Å². The third-order valence-corrected chi connectivity index (χ3v) is 8.56. The molecule has 0 unspecified atom stereocenters. The largest absolute Gasteiger partial charge is 0.497 e. The Balaban J connectivity index is 1.80. The molecule has 8 heteroatoms. The van der Waals surface area contributed by atoms with Gasteiger partial charge in [-0.25, -0.2) is 0 Å². The molecule has 0 fully saturated rings. The molecule has 7 rings (SSSR count). The van der Waals surface area contributed by atoms with Crippen LogP contribution in [0.15, 0.2) is 72.8 Å². The second kappa shape index (κ2) is 10.1. The summed E-state index contributed by atoms with van der Waals surface area (Å²) in [7, 11) is 6.64. The minimum absolute atomic E-state index is 0.596. The second-order valence-corrected chi connectivity index (χ2v) is 10.8. The van der Waals surface area contributed by atoms with Crippen LogP contribution in [0.25, 0.3) is 65.9 Å². The predicted octanol–water partition coefficient (Wildman–Crippen LogP) is 9.63. The maximum Gasteiger partial charge on any atom is 0.119 e. The average molecular weight is 597 g/mol. The molecule has 0 saturated carbocycles. The van der Waals surface area contributed by atoms with Crippen molar-refractivity contribution in [2.45, 2.75) is 0 Å². The smallest absolute Gasteiger partial charge is 0.119 e. The van der Waals surface area contributed by atoms with Crippen molar-refractivity contribution >= 4 is 66.8 Å². The number of ether oxygens (including phenoxy) is 4. The SMILES string of the molecule is COc1ccc(Cl)c(-c2c3[nH]c4ccc(OC)cc4c3c(-c3cc(OC)ccc3Cl)c3[nH]c4ccc(OC)cc4c23)c1. The highest BCUT2D eigenvalue weighted by Crippen LogP contribution is 2.51. The van der Waals surface area contributed by atoms with Crippen molar-refractivity contribution in [1.29, 1.82) is 0 Å². The van der Waals surface area contributed by atoms with Gasteiger partial charge in [-0.15, -0.1) is 0 Å². The number of benzene rings is 5. The van der Waals surface area contributed by atoms with E-state index < -0.39 is 0 Å². The van der Waals surface area contributed by atoms with Crippen LogP contribution in [0.4, 0.5) is 0 Å². The van der Waals surface area contributed by atoms with Gasteiger partial charge in [0, 0.05) is 64.9 Å². The van der Waals surface area contributed by atoms with Gasteiger partial charge in [0.1, 0.15) is 23.0 Å². The van der Waals surface area contributed by atoms with Crippen molar-refractivity contribution < 1.29 is 18.9 Å². The highest BCUT2D eigenvalue weighted by atomic mass is 35.5. The number of hydrogen-bond acceptors (Lipinski definition) is 4. The Bertz CT molecular complexity index is 2030. The monoisotopic (exact) mass is 596 g/mol.